The Balaban J connectivity index is 2.28. The van der Waals surface area contributed by atoms with Gasteiger partial charge in [0.05, 0.1) is 0 Å². The van der Waals surface area contributed by atoms with Crippen LogP contribution in [0.3, 0.4) is 0 Å². The molecule has 31 heavy (non-hydrogen) atoms. The Morgan fingerprint density at radius 1 is 0.742 bits per heavy atom. The Labute approximate surface area is 185 Å². The van der Waals surface area contributed by atoms with Crippen LogP contribution in [0, 0.1) is 0 Å². The van der Waals surface area contributed by atoms with Crippen LogP contribution in [0.4, 0.5) is 5.69 Å². The van der Waals surface area contributed by atoms with Crippen LogP contribution in [0.5, 0.6) is 0 Å². The molecule has 0 saturated heterocycles. The number of anilines is 1. The maximum Gasteiger partial charge on any atom is 0.325 e. The van der Waals surface area contributed by atoms with Crippen LogP contribution in [0.2, 0.25) is 0 Å². The molecule has 0 aliphatic rings. The van der Waals surface area contributed by atoms with Gasteiger partial charge < -0.3 is 24.8 Å². The molecule has 8 heteroatoms. The molecule has 0 saturated carbocycles. The molecule has 1 heterocycles. The molecule has 1 rings (SSSR count). The molecule has 8 nitrogen and oxygen atoms in total. The van der Waals surface area contributed by atoms with E-state index < -0.39 is 11.2 Å². The van der Waals surface area contributed by atoms with E-state index in [9.17, 15) is 19.2 Å². The fourth-order valence-electron chi connectivity index (χ4n) is 3.59. The van der Waals surface area contributed by atoms with Crippen LogP contribution >= 0.6 is 0 Å². The molecule has 0 unspecified atom stereocenters. The molecule has 0 bridgehead atoms. The highest BCUT2D eigenvalue weighted by Crippen LogP contribution is 2.09. The first-order valence-corrected chi connectivity index (χ1v) is 11.8. The first-order valence-electron chi connectivity index (χ1n) is 11.8. The van der Waals surface area contributed by atoms with Crippen LogP contribution < -0.4 is 16.6 Å². The number of carbonyl (C=O) groups is 2. The molecule has 176 valence electrons. The minimum Gasteiger partial charge on any atom is -0.379 e. The number of aldehydes is 2. The number of rotatable bonds is 21. The Bertz CT molecular complexity index is 679. The van der Waals surface area contributed by atoms with Gasteiger partial charge in [-0.25, -0.2) is 4.79 Å². The average molecular weight is 437 g/mol. The first-order chi connectivity index (χ1) is 15.2. The zero-order chi connectivity index (χ0) is 22.6. The second kappa shape index (κ2) is 18.5. The highest BCUT2D eigenvalue weighted by Gasteiger charge is 2.06. The van der Waals surface area contributed by atoms with Crippen molar-refractivity contribution in [2.24, 2.45) is 0 Å². The van der Waals surface area contributed by atoms with Gasteiger partial charge in [0.2, 0.25) is 0 Å². The topological polar surface area (TPSA) is 115 Å². The number of unbranched alkanes of at least 4 members (excludes halogenated alkanes) is 10. The zero-order valence-electron chi connectivity index (χ0n) is 18.8. The van der Waals surface area contributed by atoms with Gasteiger partial charge in [0.15, 0.2) is 0 Å². The summed E-state index contributed by atoms with van der Waals surface area (Å²) in [5, 5.41) is 3.09. The zero-order valence-corrected chi connectivity index (χ0v) is 18.8. The van der Waals surface area contributed by atoms with Gasteiger partial charge in [-0.2, -0.15) is 0 Å². The molecule has 0 atom stereocenters. The van der Waals surface area contributed by atoms with E-state index in [4.69, 9.17) is 0 Å². The lowest BCUT2D eigenvalue weighted by Crippen LogP contribution is -2.29. The number of H-pyrrole nitrogens is 2. The quantitative estimate of drug-likeness (QED) is 0.201. The highest BCUT2D eigenvalue weighted by atomic mass is 16.2. The van der Waals surface area contributed by atoms with E-state index in [-0.39, 0.29) is 0 Å². The summed E-state index contributed by atoms with van der Waals surface area (Å²) in [6, 6.07) is 0. The fraction of sp³-hybridized carbons (Fsp3) is 0.739. The Hall–Kier alpha value is -2.22. The third kappa shape index (κ3) is 14.4. The second-order valence-electron chi connectivity index (χ2n) is 8.05. The number of carbonyl (C=O) groups excluding carboxylic acids is 2. The lowest BCUT2D eigenvalue weighted by Gasteiger charge is -2.22. The molecule has 0 fully saturated rings. The molecular formula is C23H40N4O4. The smallest absolute Gasteiger partial charge is 0.325 e. The van der Waals surface area contributed by atoms with Crippen LogP contribution in [0.15, 0.2) is 15.8 Å². The molecule has 0 spiro atoms. The minimum absolute atomic E-state index is 0.386. The van der Waals surface area contributed by atoms with Crippen molar-refractivity contribution in [1.82, 2.24) is 14.9 Å². The standard InChI is InChI=1S/C23H40N4O4/c28-18-11-7-3-1-5-9-15-27(16-10-6-2-4-8-12-19-29)17-13-14-24-21-20-25-23(31)26-22(21)30/h18-20,24H,1-17H2,(H2,25,26,30,31). The van der Waals surface area contributed by atoms with Gasteiger partial charge in [0.1, 0.15) is 18.3 Å². The predicted octanol–water partition coefficient (Wildman–Crippen LogP) is 3.25. The predicted molar refractivity (Wildman–Crippen MR) is 125 cm³/mol. The van der Waals surface area contributed by atoms with Gasteiger partial charge in [-0.3, -0.25) is 9.78 Å². The Morgan fingerprint density at radius 3 is 1.81 bits per heavy atom. The van der Waals surface area contributed by atoms with Crippen molar-refractivity contribution in [3.8, 4) is 0 Å². The van der Waals surface area contributed by atoms with Gasteiger partial charge >= 0.3 is 5.69 Å². The number of hydrogen-bond donors (Lipinski definition) is 3. The summed E-state index contributed by atoms with van der Waals surface area (Å²) in [6.07, 6.45) is 16.9. The fourth-order valence-corrected chi connectivity index (χ4v) is 3.59. The van der Waals surface area contributed by atoms with Crippen molar-refractivity contribution in [1.29, 1.82) is 0 Å². The van der Waals surface area contributed by atoms with E-state index in [1.807, 2.05) is 0 Å². The Kier molecular flexibility index (Phi) is 16.0. The van der Waals surface area contributed by atoms with Gasteiger partial charge in [-0.15, -0.1) is 0 Å². The SMILES string of the molecule is O=CCCCCCCCN(CCCCCCCC=O)CCCNc1c[nH]c(=O)[nH]c1=O. The van der Waals surface area contributed by atoms with Crippen LogP contribution in [-0.2, 0) is 9.59 Å². The van der Waals surface area contributed by atoms with Crippen LogP contribution in [-0.4, -0.2) is 53.6 Å². The molecule has 1 aromatic heterocycles. The third-order valence-electron chi connectivity index (χ3n) is 5.38. The van der Waals surface area contributed by atoms with Crippen molar-refractivity contribution < 1.29 is 9.59 Å². The normalized spacial score (nSPS) is 11.0. The van der Waals surface area contributed by atoms with E-state index in [2.05, 4.69) is 20.2 Å². The van der Waals surface area contributed by atoms with Gasteiger partial charge in [-0.1, -0.05) is 38.5 Å². The summed E-state index contributed by atoms with van der Waals surface area (Å²) in [6.45, 7) is 3.77. The lowest BCUT2D eigenvalue weighted by molar-refractivity contribution is -0.108. The summed E-state index contributed by atoms with van der Waals surface area (Å²) in [7, 11) is 0. The van der Waals surface area contributed by atoms with Crippen molar-refractivity contribution in [2.75, 3.05) is 31.5 Å². The maximum absolute atomic E-state index is 11.7. The van der Waals surface area contributed by atoms with Crippen molar-refractivity contribution >= 4 is 18.3 Å². The highest BCUT2D eigenvalue weighted by molar-refractivity contribution is 5.49. The second-order valence-corrected chi connectivity index (χ2v) is 8.05. The molecule has 3 N–H and O–H groups in total. The van der Waals surface area contributed by atoms with Crippen molar-refractivity contribution in [2.45, 2.75) is 83.5 Å². The number of aromatic nitrogens is 2. The van der Waals surface area contributed by atoms with Crippen LogP contribution in [0.1, 0.15) is 83.5 Å². The van der Waals surface area contributed by atoms with E-state index in [0.29, 0.717) is 25.1 Å². The molecule has 0 aliphatic carbocycles. The third-order valence-corrected chi connectivity index (χ3v) is 5.38. The van der Waals surface area contributed by atoms with Gasteiger partial charge in [-0.05, 0) is 51.7 Å². The Morgan fingerprint density at radius 2 is 1.26 bits per heavy atom. The summed E-state index contributed by atoms with van der Waals surface area (Å²) in [5.74, 6) is 0. The number of hydrogen-bond acceptors (Lipinski definition) is 6. The summed E-state index contributed by atoms with van der Waals surface area (Å²) >= 11 is 0. The van der Waals surface area contributed by atoms with E-state index >= 15 is 0 Å². The number of nitrogens with zero attached hydrogens (tertiary/aromatic N) is 1. The summed E-state index contributed by atoms with van der Waals surface area (Å²) in [5.41, 5.74) is -0.513. The van der Waals surface area contributed by atoms with Crippen LogP contribution in [0.25, 0.3) is 0 Å². The van der Waals surface area contributed by atoms with Gasteiger partial charge in [0.25, 0.3) is 5.56 Å². The van der Waals surface area contributed by atoms with Gasteiger partial charge in [0, 0.05) is 25.6 Å². The van der Waals surface area contributed by atoms with Crippen molar-refractivity contribution in [3.05, 3.63) is 27.0 Å². The van der Waals surface area contributed by atoms with Crippen molar-refractivity contribution in [3.63, 3.8) is 0 Å². The van der Waals surface area contributed by atoms with E-state index in [1.165, 1.54) is 31.9 Å². The number of aromatic amines is 2. The summed E-state index contributed by atoms with van der Waals surface area (Å²) in [4.78, 5) is 50.7. The molecule has 1 aromatic rings. The monoisotopic (exact) mass is 436 g/mol. The molecular weight excluding hydrogens is 396 g/mol. The minimum atomic E-state index is -0.501. The molecule has 0 amide bonds. The van der Waals surface area contributed by atoms with E-state index in [0.717, 1.165) is 77.2 Å². The summed E-state index contributed by atoms with van der Waals surface area (Å²) < 4.78 is 0. The molecule has 0 radical (unpaired) electrons. The maximum atomic E-state index is 11.7. The number of nitrogens with one attached hydrogen (secondary N) is 3. The first kappa shape index (κ1) is 26.8. The van der Waals surface area contributed by atoms with E-state index in [1.54, 1.807) is 0 Å². The lowest BCUT2D eigenvalue weighted by atomic mass is 10.1. The molecule has 0 aromatic carbocycles. The molecule has 0 aliphatic heterocycles. The largest absolute Gasteiger partial charge is 0.379 e. The average Bonchev–Trinajstić information content (AvgIpc) is 2.76.